The molecule has 0 saturated carbocycles. The van der Waals surface area contributed by atoms with Crippen LogP contribution in [0.1, 0.15) is 37.8 Å². The van der Waals surface area contributed by atoms with Crippen LogP contribution in [0.15, 0.2) is 18.2 Å². The van der Waals surface area contributed by atoms with Crippen LogP contribution in [0.4, 0.5) is 0 Å². The molecule has 0 saturated heterocycles. The van der Waals surface area contributed by atoms with Crippen molar-refractivity contribution in [2.24, 2.45) is 0 Å². The number of aryl methyl sites for hydroxylation is 1. The minimum atomic E-state index is -0.712. The summed E-state index contributed by atoms with van der Waals surface area (Å²) in [6.45, 7) is 5.11. The van der Waals surface area contributed by atoms with Gasteiger partial charge >= 0.3 is 5.97 Å². The van der Waals surface area contributed by atoms with Crippen LogP contribution in [0, 0.1) is 0 Å². The fraction of sp³-hybridized carbons (Fsp3) is 0.562. The molecule has 1 aliphatic rings. The van der Waals surface area contributed by atoms with Gasteiger partial charge in [0.25, 0.3) is 0 Å². The van der Waals surface area contributed by atoms with E-state index in [0.29, 0.717) is 6.61 Å². The van der Waals surface area contributed by atoms with Gasteiger partial charge in [0.2, 0.25) is 0 Å². The predicted octanol–water partition coefficient (Wildman–Crippen LogP) is 2.40. The number of carbonyl (C=O) groups excluding carboxylic acids is 1. The maximum atomic E-state index is 12.5. The van der Waals surface area contributed by atoms with Crippen LogP contribution < -0.4 is 10.1 Å². The first-order valence-electron chi connectivity index (χ1n) is 7.27. The summed E-state index contributed by atoms with van der Waals surface area (Å²) in [5.41, 5.74) is 1.49. The third kappa shape index (κ3) is 2.52. The van der Waals surface area contributed by atoms with Crippen molar-refractivity contribution in [1.82, 2.24) is 5.32 Å². The molecule has 1 atom stereocenters. The third-order valence-corrected chi connectivity index (χ3v) is 3.85. The Morgan fingerprint density at radius 3 is 2.85 bits per heavy atom. The van der Waals surface area contributed by atoms with Crippen molar-refractivity contribution in [1.29, 1.82) is 0 Å². The van der Waals surface area contributed by atoms with Gasteiger partial charge in [0, 0.05) is 0 Å². The van der Waals surface area contributed by atoms with Gasteiger partial charge in [-0.1, -0.05) is 13.0 Å². The first-order valence-corrected chi connectivity index (χ1v) is 7.27. The van der Waals surface area contributed by atoms with Gasteiger partial charge in [0.1, 0.15) is 11.3 Å². The number of fused-ring (bicyclic) bond motifs is 1. The largest absolute Gasteiger partial charge is 0.497 e. The number of hydrogen-bond acceptors (Lipinski definition) is 4. The molecule has 0 aliphatic heterocycles. The summed E-state index contributed by atoms with van der Waals surface area (Å²) in [6, 6.07) is 5.95. The highest BCUT2D eigenvalue weighted by Gasteiger charge is 2.46. The number of carbonyl (C=O) groups is 1. The van der Waals surface area contributed by atoms with Crippen LogP contribution in [0.2, 0.25) is 0 Å². The number of methoxy groups -OCH3 is 1. The first-order chi connectivity index (χ1) is 9.67. The summed E-state index contributed by atoms with van der Waals surface area (Å²) in [7, 11) is 1.64. The highest BCUT2D eigenvalue weighted by molar-refractivity contribution is 5.84. The molecule has 0 radical (unpaired) electrons. The standard InChI is InChI=1S/C16H23NO3/c1-4-10-17-16(15(18)20-5-2)9-8-12-6-7-13(19-3)11-14(12)16/h6-7,11,17H,4-5,8-10H2,1-3H3. The SMILES string of the molecule is CCCNC1(C(=O)OCC)CCc2ccc(OC)cc21. The van der Waals surface area contributed by atoms with Crippen molar-refractivity contribution in [2.45, 2.75) is 38.6 Å². The zero-order valence-electron chi connectivity index (χ0n) is 12.5. The Kier molecular flexibility index (Phi) is 4.65. The fourth-order valence-corrected chi connectivity index (χ4v) is 2.82. The molecule has 2 rings (SSSR count). The average molecular weight is 277 g/mol. The second kappa shape index (κ2) is 6.27. The lowest BCUT2D eigenvalue weighted by atomic mass is 9.91. The van der Waals surface area contributed by atoms with E-state index in [1.165, 1.54) is 5.56 Å². The number of esters is 1. The highest BCUT2D eigenvalue weighted by Crippen LogP contribution is 2.39. The summed E-state index contributed by atoms with van der Waals surface area (Å²) < 4.78 is 10.6. The molecule has 0 spiro atoms. The first kappa shape index (κ1) is 14.9. The lowest BCUT2D eigenvalue weighted by Gasteiger charge is -2.29. The molecule has 0 amide bonds. The van der Waals surface area contributed by atoms with Crippen molar-refractivity contribution in [2.75, 3.05) is 20.3 Å². The molecule has 20 heavy (non-hydrogen) atoms. The van der Waals surface area contributed by atoms with E-state index >= 15 is 0 Å². The van der Waals surface area contributed by atoms with Crippen LogP contribution >= 0.6 is 0 Å². The van der Waals surface area contributed by atoms with Crippen LogP contribution in [0.3, 0.4) is 0 Å². The number of ether oxygens (including phenoxy) is 2. The lowest BCUT2D eigenvalue weighted by molar-refractivity contribution is -0.151. The molecule has 1 N–H and O–H groups in total. The van der Waals surface area contributed by atoms with Gasteiger partial charge in [-0.25, -0.2) is 4.79 Å². The number of benzene rings is 1. The number of nitrogens with one attached hydrogen (secondary N) is 1. The van der Waals surface area contributed by atoms with Gasteiger partial charge in [-0.3, -0.25) is 5.32 Å². The molecule has 0 heterocycles. The summed E-state index contributed by atoms with van der Waals surface area (Å²) in [5, 5.41) is 3.41. The van der Waals surface area contributed by atoms with E-state index < -0.39 is 5.54 Å². The van der Waals surface area contributed by atoms with Crippen LogP contribution in [-0.4, -0.2) is 26.2 Å². The Hall–Kier alpha value is -1.55. The fourth-order valence-electron chi connectivity index (χ4n) is 2.82. The number of rotatable bonds is 6. The Bertz CT molecular complexity index is 487. The second-order valence-corrected chi connectivity index (χ2v) is 5.08. The third-order valence-electron chi connectivity index (χ3n) is 3.85. The van der Waals surface area contributed by atoms with Crippen LogP contribution in [0.25, 0.3) is 0 Å². The van der Waals surface area contributed by atoms with Gasteiger partial charge < -0.3 is 9.47 Å². The lowest BCUT2D eigenvalue weighted by Crippen LogP contribution is -2.49. The molecule has 0 aromatic heterocycles. The Labute approximate surface area is 120 Å². The second-order valence-electron chi connectivity index (χ2n) is 5.08. The van der Waals surface area contributed by atoms with Gasteiger partial charge in [-0.05, 0) is 56.0 Å². The van der Waals surface area contributed by atoms with E-state index in [4.69, 9.17) is 9.47 Å². The monoisotopic (exact) mass is 277 g/mol. The van der Waals surface area contributed by atoms with E-state index in [9.17, 15) is 4.79 Å². The molecular formula is C16H23NO3. The van der Waals surface area contributed by atoms with Crippen molar-refractivity contribution in [3.63, 3.8) is 0 Å². The van der Waals surface area contributed by atoms with E-state index in [-0.39, 0.29) is 5.97 Å². The zero-order chi connectivity index (χ0) is 14.6. The minimum Gasteiger partial charge on any atom is -0.497 e. The van der Waals surface area contributed by atoms with Gasteiger partial charge in [-0.15, -0.1) is 0 Å². The van der Waals surface area contributed by atoms with E-state index in [2.05, 4.69) is 12.2 Å². The highest BCUT2D eigenvalue weighted by atomic mass is 16.5. The average Bonchev–Trinajstić information content (AvgIpc) is 2.84. The molecular weight excluding hydrogens is 254 g/mol. The topological polar surface area (TPSA) is 47.6 Å². The maximum absolute atomic E-state index is 12.5. The smallest absolute Gasteiger partial charge is 0.331 e. The van der Waals surface area contributed by atoms with Crippen molar-refractivity contribution in [3.8, 4) is 5.75 Å². The Balaban J connectivity index is 2.42. The van der Waals surface area contributed by atoms with E-state index in [1.54, 1.807) is 7.11 Å². The predicted molar refractivity (Wildman–Crippen MR) is 77.9 cm³/mol. The van der Waals surface area contributed by atoms with E-state index in [1.807, 2.05) is 25.1 Å². The van der Waals surface area contributed by atoms with Gasteiger partial charge in [0.05, 0.1) is 13.7 Å². The molecule has 1 unspecified atom stereocenters. The van der Waals surface area contributed by atoms with Crippen LogP contribution in [-0.2, 0) is 21.5 Å². The summed E-state index contributed by atoms with van der Waals surface area (Å²) in [4.78, 5) is 12.5. The molecule has 4 nitrogen and oxygen atoms in total. The van der Waals surface area contributed by atoms with Gasteiger partial charge in [-0.2, -0.15) is 0 Å². The van der Waals surface area contributed by atoms with Crippen molar-refractivity contribution < 1.29 is 14.3 Å². The normalized spacial score (nSPS) is 20.6. The molecule has 1 aromatic rings. The Morgan fingerprint density at radius 1 is 1.40 bits per heavy atom. The molecule has 0 fully saturated rings. The summed E-state index contributed by atoms with van der Waals surface area (Å²) in [6.07, 6.45) is 2.60. The van der Waals surface area contributed by atoms with Gasteiger partial charge in [0.15, 0.2) is 0 Å². The molecule has 0 bridgehead atoms. The summed E-state index contributed by atoms with van der Waals surface area (Å²) >= 11 is 0. The van der Waals surface area contributed by atoms with E-state index in [0.717, 1.165) is 37.1 Å². The quantitative estimate of drug-likeness (QED) is 0.811. The maximum Gasteiger partial charge on any atom is 0.331 e. The molecule has 4 heteroatoms. The molecule has 110 valence electrons. The minimum absolute atomic E-state index is 0.180. The summed E-state index contributed by atoms with van der Waals surface area (Å²) in [5.74, 6) is 0.595. The zero-order valence-corrected chi connectivity index (χ0v) is 12.5. The van der Waals surface area contributed by atoms with Crippen LogP contribution in [0.5, 0.6) is 5.75 Å². The van der Waals surface area contributed by atoms with Crippen molar-refractivity contribution in [3.05, 3.63) is 29.3 Å². The number of hydrogen-bond donors (Lipinski definition) is 1. The van der Waals surface area contributed by atoms with Crippen molar-refractivity contribution >= 4 is 5.97 Å². The molecule has 1 aromatic carbocycles. The molecule has 1 aliphatic carbocycles. The Morgan fingerprint density at radius 2 is 2.20 bits per heavy atom.